The Labute approximate surface area is 99.6 Å². The largest absolute Gasteiger partial charge is 0.472 e. The second-order valence-electron chi connectivity index (χ2n) is 4.27. The molecule has 1 fully saturated rings. The molecule has 0 saturated heterocycles. The number of carbonyl (C=O) groups excluding carboxylic acids is 2. The van der Waals surface area contributed by atoms with Crippen LogP contribution in [0.3, 0.4) is 0 Å². The van der Waals surface area contributed by atoms with E-state index in [0.717, 1.165) is 6.54 Å². The summed E-state index contributed by atoms with van der Waals surface area (Å²) in [6, 6.07) is 1.59. The molecule has 1 aromatic rings. The van der Waals surface area contributed by atoms with Crippen molar-refractivity contribution in [2.75, 3.05) is 13.1 Å². The Morgan fingerprint density at radius 3 is 2.82 bits per heavy atom. The summed E-state index contributed by atoms with van der Waals surface area (Å²) in [7, 11) is 0. The maximum absolute atomic E-state index is 11.5. The van der Waals surface area contributed by atoms with E-state index in [1.165, 1.54) is 25.4 Å². The molecule has 0 unspecified atom stereocenters. The Kier molecular flexibility index (Phi) is 3.80. The monoisotopic (exact) mass is 236 g/mol. The summed E-state index contributed by atoms with van der Waals surface area (Å²) in [6.45, 7) is 1.12. The lowest BCUT2D eigenvalue weighted by Crippen LogP contribution is -2.31. The molecule has 0 atom stereocenters. The van der Waals surface area contributed by atoms with Gasteiger partial charge in [0.2, 0.25) is 5.91 Å². The van der Waals surface area contributed by atoms with E-state index < -0.39 is 0 Å². The van der Waals surface area contributed by atoms with Gasteiger partial charge in [0.1, 0.15) is 6.26 Å². The van der Waals surface area contributed by atoms with Crippen molar-refractivity contribution in [1.29, 1.82) is 0 Å². The van der Waals surface area contributed by atoms with E-state index in [4.69, 9.17) is 4.42 Å². The van der Waals surface area contributed by atoms with Gasteiger partial charge in [0, 0.05) is 19.5 Å². The zero-order valence-electron chi connectivity index (χ0n) is 9.57. The molecule has 2 rings (SSSR count). The third-order valence-electron chi connectivity index (χ3n) is 2.71. The summed E-state index contributed by atoms with van der Waals surface area (Å²) < 4.78 is 4.79. The van der Waals surface area contributed by atoms with Crippen molar-refractivity contribution in [1.82, 2.24) is 10.6 Å². The quantitative estimate of drug-likeness (QED) is 0.771. The molecule has 5 nitrogen and oxygen atoms in total. The molecular weight excluding hydrogens is 220 g/mol. The van der Waals surface area contributed by atoms with E-state index in [9.17, 15) is 9.59 Å². The summed E-state index contributed by atoms with van der Waals surface area (Å²) in [5, 5.41) is 5.50. The van der Waals surface area contributed by atoms with Crippen molar-refractivity contribution in [3.63, 3.8) is 0 Å². The van der Waals surface area contributed by atoms with E-state index in [-0.39, 0.29) is 11.8 Å². The third-order valence-corrected chi connectivity index (χ3v) is 2.71. The predicted octanol–water partition coefficient (Wildman–Crippen LogP) is 0.926. The van der Waals surface area contributed by atoms with E-state index >= 15 is 0 Å². The predicted molar refractivity (Wildman–Crippen MR) is 61.4 cm³/mol. The van der Waals surface area contributed by atoms with Gasteiger partial charge in [-0.25, -0.2) is 0 Å². The van der Waals surface area contributed by atoms with Gasteiger partial charge in [-0.1, -0.05) is 0 Å². The molecule has 1 aromatic heterocycles. The molecule has 17 heavy (non-hydrogen) atoms. The van der Waals surface area contributed by atoms with E-state index in [1.54, 1.807) is 6.07 Å². The van der Waals surface area contributed by atoms with Gasteiger partial charge in [-0.2, -0.15) is 0 Å². The zero-order valence-corrected chi connectivity index (χ0v) is 9.57. The lowest BCUT2D eigenvalue weighted by molar-refractivity contribution is -0.121. The Balaban J connectivity index is 1.58. The van der Waals surface area contributed by atoms with E-state index in [2.05, 4.69) is 10.6 Å². The van der Waals surface area contributed by atoms with Crippen LogP contribution in [-0.4, -0.2) is 24.9 Å². The molecule has 0 spiro atoms. The van der Waals surface area contributed by atoms with Gasteiger partial charge < -0.3 is 15.1 Å². The number of hydrogen-bond acceptors (Lipinski definition) is 3. The van der Waals surface area contributed by atoms with Crippen LogP contribution in [-0.2, 0) is 4.79 Å². The zero-order chi connectivity index (χ0) is 12.1. The molecule has 0 bridgehead atoms. The molecule has 1 aliphatic carbocycles. The summed E-state index contributed by atoms with van der Waals surface area (Å²) in [5.74, 6) is 0.456. The van der Waals surface area contributed by atoms with Crippen molar-refractivity contribution >= 4 is 11.8 Å². The van der Waals surface area contributed by atoms with Crippen molar-refractivity contribution in [2.45, 2.75) is 19.3 Å². The van der Waals surface area contributed by atoms with Crippen LogP contribution < -0.4 is 10.6 Å². The molecule has 1 aliphatic rings. The number of carbonyl (C=O) groups is 2. The minimum Gasteiger partial charge on any atom is -0.472 e. The molecule has 5 heteroatoms. The topological polar surface area (TPSA) is 71.3 Å². The first-order valence-corrected chi connectivity index (χ1v) is 5.83. The van der Waals surface area contributed by atoms with Crippen LogP contribution in [0.25, 0.3) is 0 Å². The van der Waals surface area contributed by atoms with Crippen LogP contribution in [0.1, 0.15) is 29.6 Å². The molecule has 1 saturated carbocycles. The van der Waals surface area contributed by atoms with Crippen molar-refractivity contribution in [2.24, 2.45) is 5.92 Å². The van der Waals surface area contributed by atoms with Crippen molar-refractivity contribution < 1.29 is 14.0 Å². The number of furan rings is 1. The number of nitrogens with one attached hydrogen (secondary N) is 2. The van der Waals surface area contributed by atoms with Crippen LogP contribution in [0.4, 0.5) is 0 Å². The van der Waals surface area contributed by atoms with Crippen molar-refractivity contribution in [3.05, 3.63) is 24.2 Å². The fourth-order valence-electron chi connectivity index (χ4n) is 1.45. The maximum Gasteiger partial charge on any atom is 0.254 e. The van der Waals surface area contributed by atoms with Crippen LogP contribution in [0, 0.1) is 5.92 Å². The summed E-state index contributed by atoms with van der Waals surface area (Å²) >= 11 is 0. The Morgan fingerprint density at radius 2 is 2.18 bits per heavy atom. The standard InChI is InChI=1S/C12H16N2O3/c15-11(14-7-9-1-2-9)3-5-13-12(16)10-4-6-17-8-10/h4,6,8-9H,1-3,5,7H2,(H,13,16)(H,14,15). The molecule has 2 N–H and O–H groups in total. The Hall–Kier alpha value is -1.78. The fourth-order valence-corrected chi connectivity index (χ4v) is 1.45. The lowest BCUT2D eigenvalue weighted by Gasteiger charge is -2.05. The van der Waals surface area contributed by atoms with E-state index in [0.29, 0.717) is 24.4 Å². The highest BCUT2D eigenvalue weighted by molar-refractivity contribution is 5.93. The first-order chi connectivity index (χ1) is 8.25. The van der Waals surface area contributed by atoms with Crippen LogP contribution in [0.2, 0.25) is 0 Å². The van der Waals surface area contributed by atoms with Crippen molar-refractivity contribution in [3.8, 4) is 0 Å². The SMILES string of the molecule is O=C(CCNC(=O)c1ccoc1)NCC1CC1. The van der Waals surface area contributed by atoms with E-state index in [1.807, 2.05) is 0 Å². The summed E-state index contributed by atoms with van der Waals surface area (Å²) in [4.78, 5) is 22.8. The highest BCUT2D eigenvalue weighted by atomic mass is 16.3. The first-order valence-electron chi connectivity index (χ1n) is 5.83. The molecule has 1 heterocycles. The smallest absolute Gasteiger partial charge is 0.254 e. The second kappa shape index (κ2) is 5.52. The lowest BCUT2D eigenvalue weighted by atomic mass is 10.3. The number of rotatable bonds is 6. The molecule has 2 amide bonds. The maximum atomic E-state index is 11.5. The highest BCUT2D eigenvalue weighted by Gasteiger charge is 2.21. The van der Waals surface area contributed by atoms with Crippen LogP contribution in [0.5, 0.6) is 0 Å². The van der Waals surface area contributed by atoms with Gasteiger partial charge >= 0.3 is 0 Å². The highest BCUT2D eigenvalue weighted by Crippen LogP contribution is 2.27. The third kappa shape index (κ3) is 3.94. The fraction of sp³-hybridized carbons (Fsp3) is 0.500. The molecule has 0 radical (unpaired) electrons. The summed E-state index contributed by atoms with van der Waals surface area (Å²) in [5.41, 5.74) is 0.475. The van der Waals surface area contributed by atoms with Gasteiger partial charge in [0.15, 0.2) is 0 Å². The Morgan fingerprint density at radius 1 is 1.35 bits per heavy atom. The van der Waals surface area contributed by atoms with Gasteiger partial charge in [-0.05, 0) is 24.8 Å². The minimum atomic E-state index is -0.214. The number of amides is 2. The minimum absolute atomic E-state index is 0.00982. The second-order valence-corrected chi connectivity index (χ2v) is 4.27. The van der Waals surface area contributed by atoms with Crippen LogP contribution >= 0.6 is 0 Å². The molecular formula is C12H16N2O3. The number of hydrogen-bond donors (Lipinski definition) is 2. The molecule has 0 aromatic carbocycles. The molecule has 0 aliphatic heterocycles. The van der Waals surface area contributed by atoms with Gasteiger partial charge in [-0.15, -0.1) is 0 Å². The van der Waals surface area contributed by atoms with Gasteiger partial charge in [-0.3, -0.25) is 9.59 Å². The first kappa shape index (κ1) is 11.7. The average molecular weight is 236 g/mol. The van der Waals surface area contributed by atoms with Gasteiger partial charge in [0.05, 0.1) is 11.8 Å². The molecule has 92 valence electrons. The van der Waals surface area contributed by atoms with Crippen LogP contribution in [0.15, 0.2) is 23.0 Å². The summed E-state index contributed by atoms with van der Waals surface area (Å²) in [6.07, 6.45) is 5.57. The normalized spacial score (nSPS) is 14.4. The average Bonchev–Trinajstić information content (AvgIpc) is 2.98. The van der Waals surface area contributed by atoms with Gasteiger partial charge in [0.25, 0.3) is 5.91 Å². The Bertz CT molecular complexity index is 382.